The van der Waals surface area contributed by atoms with Gasteiger partial charge in [0.25, 0.3) is 0 Å². The summed E-state index contributed by atoms with van der Waals surface area (Å²) in [7, 11) is 1.46. The summed E-state index contributed by atoms with van der Waals surface area (Å²) >= 11 is 3.52. The highest BCUT2D eigenvalue weighted by Crippen LogP contribution is 2.38. The lowest BCUT2D eigenvalue weighted by atomic mass is 9.75. The molecule has 21 heavy (non-hydrogen) atoms. The highest BCUT2D eigenvalue weighted by atomic mass is 79.9. The Hall–Kier alpha value is -0.870. The molecular formula is C17H24BrNO2. The predicted octanol–water partition coefficient (Wildman–Crippen LogP) is 3.87. The van der Waals surface area contributed by atoms with E-state index >= 15 is 0 Å². The zero-order valence-corrected chi connectivity index (χ0v) is 14.5. The number of carbonyl (C=O) groups excluding carboxylic acids is 1. The Kier molecular flexibility index (Phi) is 5.82. The van der Waals surface area contributed by atoms with Crippen molar-refractivity contribution in [1.82, 2.24) is 5.32 Å². The van der Waals surface area contributed by atoms with Crippen LogP contribution in [0.25, 0.3) is 0 Å². The molecule has 1 aromatic rings. The van der Waals surface area contributed by atoms with Gasteiger partial charge in [0.2, 0.25) is 0 Å². The van der Waals surface area contributed by atoms with E-state index in [1.807, 2.05) is 6.07 Å². The molecule has 2 unspecified atom stereocenters. The molecule has 1 aromatic carbocycles. The second-order valence-corrected chi connectivity index (χ2v) is 6.89. The number of ether oxygens (including phenoxy) is 1. The minimum absolute atomic E-state index is 0.143. The third kappa shape index (κ3) is 4.07. The Bertz CT molecular complexity index is 485. The molecule has 3 nitrogen and oxygen atoms in total. The van der Waals surface area contributed by atoms with Gasteiger partial charge in [-0.15, -0.1) is 0 Å². The van der Waals surface area contributed by atoms with E-state index in [1.165, 1.54) is 12.7 Å². The summed E-state index contributed by atoms with van der Waals surface area (Å²) in [6.45, 7) is 4.20. The minimum Gasteiger partial charge on any atom is -0.468 e. The fourth-order valence-electron chi connectivity index (χ4n) is 2.87. The molecule has 0 bridgehead atoms. The van der Waals surface area contributed by atoms with Crippen LogP contribution in [0.3, 0.4) is 0 Å². The summed E-state index contributed by atoms with van der Waals surface area (Å²) in [4.78, 5) is 11.9. The van der Waals surface area contributed by atoms with Crippen molar-refractivity contribution in [1.29, 1.82) is 0 Å². The fraction of sp³-hybridized carbons (Fsp3) is 0.588. The van der Waals surface area contributed by atoms with Crippen molar-refractivity contribution >= 4 is 21.9 Å². The predicted molar refractivity (Wildman–Crippen MR) is 88.3 cm³/mol. The molecule has 2 atom stereocenters. The molecule has 0 saturated heterocycles. The van der Waals surface area contributed by atoms with Gasteiger partial charge in [0.1, 0.15) is 6.04 Å². The van der Waals surface area contributed by atoms with Gasteiger partial charge < -0.3 is 10.1 Å². The molecule has 0 amide bonds. The van der Waals surface area contributed by atoms with Crippen LogP contribution in [-0.2, 0) is 9.53 Å². The first-order valence-electron chi connectivity index (χ1n) is 7.64. The monoisotopic (exact) mass is 353 g/mol. The average Bonchev–Trinajstić information content (AvgIpc) is 2.44. The first kappa shape index (κ1) is 16.5. The number of hydrogen-bond acceptors (Lipinski definition) is 3. The van der Waals surface area contributed by atoms with Gasteiger partial charge in [0, 0.05) is 10.5 Å². The summed E-state index contributed by atoms with van der Waals surface area (Å²) in [5.74, 6) is 0.743. The third-order valence-corrected chi connectivity index (χ3v) is 5.03. The normalized spacial score (nSPS) is 24.0. The highest BCUT2D eigenvalue weighted by molar-refractivity contribution is 9.10. The van der Waals surface area contributed by atoms with Gasteiger partial charge in [-0.05, 0) is 42.4 Å². The van der Waals surface area contributed by atoms with Gasteiger partial charge in [-0.3, -0.25) is 4.79 Å². The summed E-state index contributed by atoms with van der Waals surface area (Å²) in [6, 6.07) is 8.72. The van der Waals surface area contributed by atoms with Crippen LogP contribution in [0.5, 0.6) is 0 Å². The van der Waals surface area contributed by atoms with Crippen LogP contribution in [-0.4, -0.2) is 25.2 Å². The second-order valence-electron chi connectivity index (χ2n) is 5.97. The molecule has 1 aliphatic rings. The SMILES string of the molecule is CCC(C)C(NC1CC(c2cccc(Br)c2)C1)C(=O)OC. The van der Waals surface area contributed by atoms with Crippen LogP contribution in [0.1, 0.15) is 44.6 Å². The Morgan fingerprint density at radius 3 is 2.76 bits per heavy atom. The number of esters is 1. The van der Waals surface area contributed by atoms with Crippen LogP contribution in [0.4, 0.5) is 0 Å². The van der Waals surface area contributed by atoms with Crippen LogP contribution in [0.15, 0.2) is 28.7 Å². The largest absolute Gasteiger partial charge is 0.468 e. The molecule has 4 heteroatoms. The van der Waals surface area contributed by atoms with E-state index in [0.29, 0.717) is 17.9 Å². The van der Waals surface area contributed by atoms with Gasteiger partial charge in [-0.2, -0.15) is 0 Å². The van der Waals surface area contributed by atoms with Crippen LogP contribution in [0.2, 0.25) is 0 Å². The van der Waals surface area contributed by atoms with Crippen molar-refractivity contribution in [2.45, 2.75) is 51.1 Å². The lowest BCUT2D eigenvalue weighted by Gasteiger charge is -2.39. The van der Waals surface area contributed by atoms with E-state index in [0.717, 1.165) is 23.7 Å². The lowest BCUT2D eigenvalue weighted by Crippen LogP contribution is -2.51. The Morgan fingerprint density at radius 2 is 2.19 bits per heavy atom. The van der Waals surface area contributed by atoms with Gasteiger partial charge >= 0.3 is 5.97 Å². The third-order valence-electron chi connectivity index (χ3n) is 4.54. The molecule has 1 saturated carbocycles. The van der Waals surface area contributed by atoms with Gasteiger partial charge in [0.15, 0.2) is 0 Å². The molecule has 0 radical (unpaired) electrons. The van der Waals surface area contributed by atoms with Crippen LogP contribution < -0.4 is 5.32 Å². The van der Waals surface area contributed by atoms with Crippen LogP contribution in [0, 0.1) is 5.92 Å². The lowest BCUT2D eigenvalue weighted by molar-refractivity contribution is -0.145. The van der Waals surface area contributed by atoms with E-state index in [9.17, 15) is 4.79 Å². The molecule has 116 valence electrons. The first-order chi connectivity index (χ1) is 10.0. The van der Waals surface area contributed by atoms with Gasteiger partial charge in [0.05, 0.1) is 7.11 Å². The molecule has 0 aromatic heterocycles. The maximum Gasteiger partial charge on any atom is 0.323 e. The molecule has 1 N–H and O–H groups in total. The van der Waals surface area contributed by atoms with Crippen molar-refractivity contribution in [2.24, 2.45) is 5.92 Å². The molecule has 0 spiro atoms. The van der Waals surface area contributed by atoms with Crippen molar-refractivity contribution in [3.8, 4) is 0 Å². The van der Waals surface area contributed by atoms with Gasteiger partial charge in [-0.25, -0.2) is 0 Å². The molecule has 1 aliphatic carbocycles. The minimum atomic E-state index is -0.187. The first-order valence-corrected chi connectivity index (χ1v) is 8.43. The summed E-state index contributed by atoms with van der Waals surface area (Å²) in [5.41, 5.74) is 1.38. The topological polar surface area (TPSA) is 38.3 Å². The quantitative estimate of drug-likeness (QED) is 0.788. The van der Waals surface area contributed by atoms with E-state index in [-0.39, 0.29) is 12.0 Å². The summed E-state index contributed by atoms with van der Waals surface area (Å²) < 4.78 is 6.05. The number of methoxy groups -OCH3 is 1. The Balaban J connectivity index is 1.90. The number of halogens is 1. The molecular weight excluding hydrogens is 330 g/mol. The number of nitrogens with one attached hydrogen (secondary N) is 1. The average molecular weight is 354 g/mol. The maximum atomic E-state index is 11.9. The zero-order valence-electron chi connectivity index (χ0n) is 12.9. The maximum absolute atomic E-state index is 11.9. The zero-order chi connectivity index (χ0) is 15.4. The van der Waals surface area contributed by atoms with E-state index in [2.05, 4.69) is 53.3 Å². The number of benzene rings is 1. The molecule has 2 rings (SSSR count). The Labute approximate surface area is 135 Å². The van der Waals surface area contributed by atoms with Crippen LogP contribution >= 0.6 is 15.9 Å². The standard InChI is InChI=1S/C17H24BrNO2/c1-4-11(2)16(17(20)21-3)19-15-9-13(10-15)12-6-5-7-14(18)8-12/h5-8,11,13,15-16,19H,4,9-10H2,1-3H3. The number of hydrogen-bond donors (Lipinski definition) is 1. The van der Waals surface area contributed by atoms with Crippen molar-refractivity contribution in [3.63, 3.8) is 0 Å². The van der Waals surface area contributed by atoms with Gasteiger partial charge in [-0.1, -0.05) is 48.3 Å². The van der Waals surface area contributed by atoms with E-state index in [1.54, 1.807) is 0 Å². The van der Waals surface area contributed by atoms with E-state index in [4.69, 9.17) is 4.74 Å². The van der Waals surface area contributed by atoms with Crippen molar-refractivity contribution in [2.75, 3.05) is 7.11 Å². The summed E-state index contributed by atoms with van der Waals surface area (Å²) in [6.07, 6.45) is 3.13. The number of carbonyl (C=O) groups is 1. The van der Waals surface area contributed by atoms with Crippen molar-refractivity contribution < 1.29 is 9.53 Å². The highest BCUT2D eigenvalue weighted by Gasteiger charge is 2.35. The number of rotatable bonds is 6. The Morgan fingerprint density at radius 1 is 1.48 bits per heavy atom. The summed E-state index contributed by atoms with van der Waals surface area (Å²) in [5, 5.41) is 3.48. The fourth-order valence-corrected chi connectivity index (χ4v) is 3.28. The molecule has 0 aliphatic heterocycles. The molecule has 0 heterocycles. The molecule has 1 fully saturated rings. The second kappa shape index (κ2) is 7.41. The van der Waals surface area contributed by atoms with Crippen molar-refractivity contribution in [3.05, 3.63) is 34.3 Å². The van der Waals surface area contributed by atoms with E-state index < -0.39 is 0 Å². The smallest absolute Gasteiger partial charge is 0.323 e.